The summed E-state index contributed by atoms with van der Waals surface area (Å²) in [6, 6.07) is 10.1. The zero-order valence-corrected chi connectivity index (χ0v) is 13.8. The van der Waals surface area contributed by atoms with E-state index in [0.29, 0.717) is 26.4 Å². The molecule has 0 fully saturated rings. The number of carbonyl (C=O) groups is 1. The second kappa shape index (κ2) is 6.69. The first-order valence-electron chi connectivity index (χ1n) is 6.30. The number of ether oxygens (including phenoxy) is 1. The number of aryl methyl sites for hydroxylation is 1. The molecule has 2 rings (SSSR count). The lowest BCUT2D eigenvalue weighted by molar-refractivity contribution is 0.0818. The van der Waals surface area contributed by atoms with E-state index in [2.05, 4.69) is 0 Å². The van der Waals surface area contributed by atoms with Gasteiger partial charge in [0, 0.05) is 10.6 Å². The molecule has 0 aliphatic heterocycles. The molecule has 0 radical (unpaired) electrons. The monoisotopic (exact) mass is 342 g/mol. The molecule has 21 heavy (non-hydrogen) atoms. The van der Waals surface area contributed by atoms with E-state index in [0.717, 1.165) is 5.56 Å². The molecule has 0 amide bonds. The van der Waals surface area contributed by atoms with E-state index in [-0.39, 0.29) is 5.78 Å². The van der Waals surface area contributed by atoms with Crippen LogP contribution in [0.2, 0.25) is 15.1 Å². The molecule has 0 N–H and O–H groups in total. The largest absolute Gasteiger partial charge is 0.481 e. The van der Waals surface area contributed by atoms with Crippen molar-refractivity contribution in [2.75, 3.05) is 0 Å². The minimum absolute atomic E-state index is 0.228. The van der Waals surface area contributed by atoms with Crippen LogP contribution in [0.5, 0.6) is 5.75 Å². The first kappa shape index (κ1) is 16.2. The standard InChI is InChI=1S/C16H13Cl3O2/c1-9-3-6-13(18)15(7-9)21-10(2)16(20)12-5-4-11(17)8-14(12)19/h3-8,10H,1-2H3. The van der Waals surface area contributed by atoms with E-state index in [9.17, 15) is 4.79 Å². The molecule has 1 atom stereocenters. The summed E-state index contributed by atoms with van der Waals surface area (Å²) >= 11 is 17.9. The van der Waals surface area contributed by atoms with Crippen LogP contribution < -0.4 is 4.74 Å². The van der Waals surface area contributed by atoms with E-state index < -0.39 is 6.10 Å². The Hall–Kier alpha value is -1.22. The molecule has 0 aliphatic carbocycles. The van der Waals surface area contributed by atoms with Crippen molar-refractivity contribution < 1.29 is 9.53 Å². The summed E-state index contributed by atoms with van der Waals surface area (Å²) in [4.78, 5) is 12.4. The number of hydrogen-bond donors (Lipinski definition) is 0. The van der Waals surface area contributed by atoms with Gasteiger partial charge in [0.1, 0.15) is 5.75 Å². The minimum atomic E-state index is -0.706. The van der Waals surface area contributed by atoms with Gasteiger partial charge in [-0.3, -0.25) is 4.79 Å². The lowest BCUT2D eigenvalue weighted by Crippen LogP contribution is -2.24. The van der Waals surface area contributed by atoms with Crippen LogP contribution in [0, 0.1) is 6.92 Å². The van der Waals surface area contributed by atoms with E-state index in [4.69, 9.17) is 39.5 Å². The normalized spacial score (nSPS) is 12.0. The molecule has 0 saturated carbocycles. The number of hydrogen-bond acceptors (Lipinski definition) is 2. The van der Waals surface area contributed by atoms with Crippen molar-refractivity contribution in [2.24, 2.45) is 0 Å². The van der Waals surface area contributed by atoms with Gasteiger partial charge >= 0.3 is 0 Å². The van der Waals surface area contributed by atoms with Crippen molar-refractivity contribution in [1.29, 1.82) is 0 Å². The predicted octanol–water partition coefficient (Wildman–Crippen LogP) is 5.61. The Morgan fingerprint density at radius 2 is 1.76 bits per heavy atom. The molecule has 2 nitrogen and oxygen atoms in total. The lowest BCUT2D eigenvalue weighted by Gasteiger charge is -2.16. The van der Waals surface area contributed by atoms with Crippen LogP contribution in [-0.4, -0.2) is 11.9 Å². The summed E-state index contributed by atoms with van der Waals surface area (Å²) in [5.41, 5.74) is 1.37. The fourth-order valence-corrected chi connectivity index (χ4v) is 2.52. The maximum atomic E-state index is 12.4. The highest BCUT2D eigenvalue weighted by Crippen LogP contribution is 2.28. The summed E-state index contributed by atoms with van der Waals surface area (Å²) in [7, 11) is 0. The average molecular weight is 344 g/mol. The summed E-state index contributed by atoms with van der Waals surface area (Å²) in [5.74, 6) is 0.247. The molecule has 0 saturated heterocycles. The summed E-state index contributed by atoms with van der Waals surface area (Å²) in [5, 5.41) is 1.24. The van der Waals surface area contributed by atoms with Crippen LogP contribution in [0.1, 0.15) is 22.8 Å². The van der Waals surface area contributed by atoms with Gasteiger partial charge in [-0.25, -0.2) is 0 Å². The number of halogens is 3. The zero-order valence-electron chi connectivity index (χ0n) is 11.5. The van der Waals surface area contributed by atoms with E-state index in [1.807, 2.05) is 13.0 Å². The summed E-state index contributed by atoms with van der Waals surface area (Å²) in [6.45, 7) is 3.58. The van der Waals surface area contributed by atoms with Crippen molar-refractivity contribution in [3.8, 4) is 5.75 Å². The number of benzene rings is 2. The fourth-order valence-electron chi connectivity index (χ4n) is 1.85. The van der Waals surface area contributed by atoms with Crippen molar-refractivity contribution in [3.05, 3.63) is 62.6 Å². The fraction of sp³-hybridized carbons (Fsp3) is 0.188. The quantitative estimate of drug-likeness (QED) is 0.675. The Morgan fingerprint density at radius 1 is 1.05 bits per heavy atom. The number of carbonyl (C=O) groups excluding carboxylic acids is 1. The zero-order chi connectivity index (χ0) is 15.6. The molecule has 110 valence electrons. The molecule has 2 aromatic carbocycles. The first-order chi connectivity index (χ1) is 9.88. The highest BCUT2D eigenvalue weighted by molar-refractivity contribution is 6.37. The molecule has 0 heterocycles. The summed E-state index contributed by atoms with van der Waals surface area (Å²) in [6.07, 6.45) is -0.706. The highest BCUT2D eigenvalue weighted by Gasteiger charge is 2.20. The van der Waals surface area contributed by atoms with Crippen molar-refractivity contribution in [3.63, 3.8) is 0 Å². The van der Waals surface area contributed by atoms with Gasteiger partial charge in [0.2, 0.25) is 5.78 Å². The molecular formula is C16H13Cl3O2. The van der Waals surface area contributed by atoms with Crippen LogP contribution >= 0.6 is 34.8 Å². The van der Waals surface area contributed by atoms with E-state index in [1.165, 1.54) is 6.07 Å². The van der Waals surface area contributed by atoms with Gasteiger partial charge in [-0.15, -0.1) is 0 Å². The van der Waals surface area contributed by atoms with Crippen LogP contribution in [0.25, 0.3) is 0 Å². The maximum Gasteiger partial charge on any atom is 0.204 e. The van der Waals surface area contributed by atoms with Crippen molar-refractivity contribution >= 4 is 40.6 Å². The van der Waals surface area contributed by atoms with Crippen LogP contribution in [-0.2, 0) is 0 Å². The van der Waals surface area contributed by atoms with Crippen LogP contribution in [0.15, 0.2) is 36.4 Å². The third-order valence-corrected chi connectivity index (χ3v) is 3.82. The Bertz CT molecular complexity index is 683. The highest BCUT2D eigenvalue weighted by atomic mass is 35.5. The number of Topliss-reactive ketones (excluding diaryl/α,β-unsaturated/α-hetero) is 1. The molecular weight excluding hydrogens is 331 g/mol. The molecule has 1 unspecified atom stereocenters. The Kier molecular flexibility index (Phi) is 5.15. The van der Waals surface area contributed by atoms with Gasteiger partial charge in [-0.05, 0) is 49.7 Å². The Morgan fingerprint density at radius 3 is 2.43 bits per heavy atom. The summed E-state index contributed by atoms with van der Waals surface area (Å²) < 4.78 is 5.65. The van der Waals surface area contributed by atoms with Crippen LogP contribution in [0.4, 0.5) is 0 Å². The van der Waals surface area contributed by atoms with Gasteiger partial charge in [0.15, 0.2) is 6.10 Å². The second-order valence-electron chi connectivity index (χ2n) is 4.68. The van der Waals surface area contributed by atoms with Crippen molar-refractivity contribution in [1.82, 2.24) is 0 Å². The van der Waals surface area contributed by atoms with Crippen LogP contribution in [0.3, 0.4) is 0 Å². The van der Waals surface area contributed by atoms with Gasteiger partial charge in [0.05, 0.1) is 10.0 Å². The van der Waals surface area contributed by atoms with Gasteiger partial charge in [-0.2, -0.15) is 0 Å². The van der Waals surface area contributed by atoms with E-state index in [1.54, 1.807) is 31.2 Å². The minimum Gasteiger partial charge on any atom is -0.481 e. The molecule has 0 aromatic heterocycles. The number of ketones is 1. The Balaban J connectivity index is 2.21. The third-order valence-electron chi connectivity index (χ3n) is 2.96. The van der Waals surface area contributed by atoms with E-state index >= 15 is 0 Å². The van der Waals surface area contributed by atoms with Gasteiger partial charge in [0.25, 0.3) is 0 Å². The number of rotatable bonds is 4. The molecule has 5 heteroatoms. The molecule has 0 bridgehead atoms. The van der Waals surface area contributed by atoms with Gasteiger partial charge < -0.3 is 4.74 Å². The second-order valence-corrected chi connectivity index (χ2v) is 5.93. The maximum absolute atomic E-state index is 12.4. The molecule has 0 spiro atoms. The molecule has 0 aliphatic rings. The Labute approximate surface area is 138 Å². The van der Waals surface area contributed by atoms with Crippen molar-refractivity contribution in [2.45, 2.75) is 20.0 Å². The SMILES string of the molecule is Cc1ccc(Cl)c(OC(C)C(=O)c2ccc(Cl)cc2Cl)c1. The predicted molar refractivity (Wildman–Crippen MR) is 87.1 cm³/mol. The van der Waals surface area contributed by atoms with Gasteiger partial charge in [-0.1, -0.05) is 40.9 Å². The lowest BCUT2D eigenvalue weighted by atomic mass is 10.1. The smallest absolute Gasteiger partial charge is 0.204 e. The first-order valence-corrected chi connectivity index (χ1v) is 7.44. The molecule has 2 aromatic rings. The third kappa shape index (κ3) is 3.91. The average Bonchev–Trinajstić information content (AvgIpc) is 2.42. The topological polar surface area (TPSA) is 26.3 Å².